The molecule has 2 N–H and O–H groups in total. The molecule has 1 aromatic heterocycles. The zero-order valence-electron chi connectivity index (χ0n) is 10.2. The topological polar surface area (TPSA) is 43.8 Å². The van der Waals surface area contributed by atoms with E-state index in [1.54, 1.807) is 0 Å². The van der Waals surface area contributed by atoms with Gasteiger partial charge in [-0.1, -0.05) is 48.5 Å². The van der Waals surface area contributed by atoms with Gasteiger partial charge < -0.3 is 5.73 Å². The van der Waals surface area contributed by atoms with Gasteiger partial charge in [-0.15, -0.1) is 0 Å². The van der Waals surface area contributed by atoms with Gasteiger partial charge >= 0.3 is 0 Å². The summed E-state index contributed by atoms with van der Waals surface area (Å²) in [5.41, 5.74) is 9.44. The quantitative estimate of drug-likeness (QED) is 0.744. The number of nitrogens with two attached hydrogens (primary N) is 1. The molecule has 0 aliphatic heterocycles. The summed E-state index contributed by atoms with van der Waals surface area (Å²) < 4.78 is 1.88. The average molecular weight is 237 g/mol. The molecular formula is C15H15N3. The lowest BCUT2D eigenvalue weighted by molar-refractivity contribution is 0.732. The van der Waals surface area contributed by atoms with Crippen LogP contribution in [0.1, 0.15) is 17.3 Å². The summed E-state index contributed by atoms with van der Waals surface area (Å²) >= 11 is 0. The number of rotatable bonds is 2. The predicted octanol–water partition coefficient (Wildman–Crippen LogP) is 2.62. The van der Waals surface area contributed by atoms with Gasteiger partial charge in [0.15, 0.2) is 0 Å². The van der Waals surface area contributed by atoms with Crippen LogP contribution in [0.25, 0.3) is 10.9 Å². The van der Waals surface area contributed by atoms with E-state index in [0.29, 0.717) is 0 Å². The largest absolute Gasteiger partial charge is 0.319 e. The number of hydrogen-bond acceptors (Lipinski definition) is 2. The Morgan fingerprint density at radius 2 is 1.67 bits per heavy atom. The Balaban J connectivity index is 2.15. The minimum atomic E-state index is -0.183. The molecule has 0 radical (unpaired) electrons. The Bertz CT molecular complexity index is 671. The Morgan fingerprint density at radius 3 is 2.44 bits per heavy atom. The van der Waals surface area contributed by atoms with Crippen LogP contribution < -0.4 is 5.73 Å². The molecule has 2 aromatic carbocycles. The second-order valence-corrected chi connectivity index (χ2v) is 4.41. The number of para-hydroxylation sites is 1. The van der Waals surface area contributed by atoms with Crippen molar-refractivity contribution in [3.63, 3.8) is 0 Å². The second-order valence-electron chi connectivity index (χ2n) is 4.41. The van der Waals surface area contributed by atoms with Crippen LogP contribution in [0.4, 0.5) is 0 Å². The summed E-state index contributed by atoms with van der Waals surface area (Å²) in [6, 6.07) is 18.0. The van der Waals surface area contributed by atoms with Crippen molar-refractivity contribution in [1.82, 2.24) is 9.78 Å². The van der Waals surface area contributed by atoms with Gasteiger partial charge in [-0.05, 0) is 11.6 Å². The van der Waals surface area contributed by atoms with E-state index in [9.17, 15) is 0 Å². The highest BCUT2D eigenvalue weighted by Gasteiger charge is 2.16. The van der Waals surface area contributed by atoms with Crippen LogP contribution in [0.5, 0.6) is 0 Å². The molecule has 3 nitrogen and oxygen atoms in total. The van der Waals surface area contributed by atoms with E-state index in [2.05, 4.69) is 17.2 Å². The maximum Gasteiger partial charge on any atom is 0.0915 e. The van der Waals surface area contributed by atoms with Crippen molar-refractivity contribution >= 4 is 10.9 Å². The Morgan fingerprint density at radius 1 is 1.00 bits per heavy atom. The van der Waals surface area contributed by atoms with Gasteiger partial charge in [-0.3, -0.25) is 4.68 Å². The molecule has 1 atom stereocenters. The van der Waals surface area contributed by atoms with Crippen LogP contribution in [0, 0.1) is 0 Å². The summed E-state index contributed by atoms with van der Waals surface area (Å²) in [6.45, 7) is 0. The Hall–Kier alpha value is -2.13. The molecule has 3 aromatic rings. The summed E-state index contributed by atoms with van der Waals surface area (Å²) in [5, 5.41) is 5.68. The highest BCUT2D eigenvalue weighted by Crippen LogP contribution is 2.25. The lowest BCUT2D eigenvalue weighted by Gasteiger charge is -2.09. The minimum Gasteiger partial charge on any atom is -0.319 e. The number of nitrogens with zero attached hydrogens (tertiary/aromatic N) is 2. The van der Waals surface area contributed by atoms with Crippen LogP contribution in [-0.2, 0) is 7.05 Å². The van der Waals surface area contributed by atoms with Gasteiger partial charge in [-0.2, -0.15) is 5.10 Å². The van der Waals surface area contributed by atoms with Crippen molar-refractivity contribution in [2.24, 2.45) is 12.8 Å². The molecule has 3 rings (SSSR count). The lowest BCUT2D eigenvalue weighted by atomic mass is 10.0. The Kier molecular flexibility index (Phi) is 2.61. The van der Waals surface area contributed by atoms with Crippen molar-refractivity contribution in [2.75, 3.05) is 0 Å². The van der Waals surface area contributed by atoms with E-state index in [1.807, 2.05) is 54.2 Å². The zero-order valence-corrected chi connectivity index (χ0v) is 10.2. The molecular weight excluding hydrogens is 222 g/mol. The van der Waals surface area contributed by atoms with E-state index < -0.39 is 0 Å². The van der Waals surface area contributed by atoms with Gasteiger partial charge in [0.2, 0.25) is 0 Å². The normalized spacial score (nSPS) is 12.8. The van der Waals surface area contributed by atoms with E-state index in [4.69, 9.17) is 5.73 Å². The first-order valence-electron chi connectivity index (χ1n) is 5.99. The van der Waals surface area contributed by atoms with Crippen molar-refractivity contribution in [1.29, 1.82) is 0 Å². The van der Waals surface area contributed by atoms with Gasteiger partial charge in [0.1, 0.15) is 0 Å². The third-order valence-electron chi connectivity index (χ3n) is 3.24. The number of benzene rings is 2. The number of fused-ring (bicyclic) bond motifs is 1. The van der Waals surface area contributed by atoms with E-state index in [0.717, 1.165) is 22.2 Å². The standard InChI is InChI=1S/C15H15N3/c1-18-13-10-6-5-9-12(13)15(17-18)14(16)11-7-3-2-4-8-11/h2-10,14H,16H2,1H3. The Labute approximate surface area is 106 Å². The number of aryl methyl sites for hydroxylation is 1. The molecule has 18 heavy (non-hydrogen) atoms. The van der Waals surface area contributed by atoms with Gasteiger partial charge in [0, 0.05) is 12.4 Å². The molecule has 0 fully saturated rings. The number of hydrogen-bond donors (Lipinski definition) is 1. The van der Waals surface area contributed by atoms with E-state index >= 15 is 0 Å². The predicted molar refractivity (Wildman–Crippen MR) is 73.2 cm³/mol. The molecule has 0 aliphatic carbocycles. The summed E-state index contributed by atoms with van der Waals surface area (Å²) in [5.74, 6) is 0. The smallest absolute Gasteiger partial charge is 0.0915 e. The minimum absolute atomic E-state index is 0.183. The second kappa shape index (κ2) is 4.27. The van der Waals surface area contributed by atoms with Gasteiger partial charge in [0.25, 0.3) is 0 Å². The first-order valence-corrected chi connectivity index (χ1v) is 5.99. The molecule has 3 heteroatoms. The van der Waals surface area contributed by atoms with Crippen molar-refractivity contribution in [2.45, 2.75) is 6.04 Å². The summed E-state index contributed by atoms with van der Waals surface area (Å²) in [4.78, 5) is 0. The van der Waals surface area contributed by atoms with Crippen molar-refractivity contribution in [3.05, 3.63) is 65.9 Å². The molecule has 1 unspecified atom stereocenters. The SMILES string of the molecule is Cn1nc(C(N)c2ccccc2)c2ccccc21. The molecule has 1 heterocycles. The maximum absolute atomic E-state index is 6.32. The van der Waals surface area contributed by atoms with Crippen LogP contribution in [0.15, 0.2) is 54.6 Å². The van der Waals surface area contributed by atoms with Gasteiger partial charge in [0.05, 0.1) is 17.3 Å². The van der Waals surface area contributed by atoms with E-state index in [-0.39, 0.29) is 6.04 Å². The first-order chi connectivity index (χ1) is 8.77. The maximum atomic E-state index is 6.32. The average Bonchev–Trinajstić information content (AvgIpc) is 2.77. The van der Waals surface area contributed by atoms with Crippen LogP contribution in [0.3, 0.4) is 0 Å². The molecule has 90 valence electrons. The molecule has 0 spiro atoms. The fraction of sp³-hybridized carbons (Fsp3) is 0.133. The molecule has 0 saturated heterocycles. The highest BCUT2D eigenvalue weighted by atomic mass is 15.3. The molecule has 0 saturated carbocycles. The highest BCUT2D eigenvalue weighted by molar-refractivity contribution is 5.82. The lowest BCUT2D eigenvalue weighted by Crippen LogP contribution is -2.13. The third kappa shape index (κ3) is 1.69. The van der Waals surface area contributed by atoms with Gasteiger partial charge in [-0.25, -0.2) is 0 Å². The monoisotopic (exact) mass is 237 g/mol. The van der Waals surface area contributed by atoms with Crippen LogP contribution in [-0.4, -0.2) is 9.78 Å². The first kappa shape index (κ1) is 11.0. The van der Waals surface area contributed by atoms with Crippen LogP contribution in [0.2, 0.25) is 0 Å². The summed E-state index contributed by atoms with van der Waals surface area (Å²) in [7, 11) is 1.95. The van der Waals surface area contributed by atoms with Crippen LogP contribution >= 0.6 is 0 Å². The number of aromatic nitrogens is 2. The fourth-order valence-electron chi connectivity index (χ4n) is 2.29. The molecule has 0 aliphatic rings. The van der Waals surface area contributed by atoms with Crippen molar-refractivity contribution < 1.29 is 0 Å². The zero-order chi connectivity index (χ0) is 12.5. The third-order valence-corrected chi connectivity index (χ3v) is 3.24. The molecule has 0 bridgehead atoms. The van der Waals surface area contributed by atoms with E-state index in [1.165, 1.54) is 0 Å². The molecule has 0 amide bonds. The fourth-order valence-corrected chi connectivity index (χ4v) is 2.29. The summed E-state index contributed by atoms with van der Waals surface area (Å²) in [6.07, 6.45) is 0. The van der Waals surface area contributed by atoms with Crippen molar-refractivity contribution in [3.8, 4) is 0 Å².